The van der Waals surface area contributed by atoms with Crippen molar-refractivity contribution in [2.75, 3.05) is 0 Å². The molecule has 3 aromatic heterocycles. The maximum Gasteiger partial charge on any atom is 0.260 e. The van der Waals surface area contributed by atoms with E-state index in [4.69, 9.17) is 4.98 Å². The van der Waals surface area contributed by atoms with E-state index in [1.807, 2.05) is 0 Å². The van der Waals surface area contributed by atoms with Crippen LogP contribution >= 0.6 is 11.3 Å². The molecule has 0 amide bonds. The first-order valence-electron chi connectivity index (χ1n) is 9.15. The smallest absolute Gasteiger partial charge is 0.260 e. The molecule has 3 aromatic rings. The van der Waals surface area contributed by atoms with E-state index in [1.54, 1.807) is 11.3 Å². The highest BCUT2D eigenvalue weighted by atomic mass is 32.1. The van der Waals surface area contributed by atoms with Gasteiger partial charge < -0.3 is 4.98 Å². The number of pyridine rings is 1. The van der Waals surface area contributed by atoms with Gasteiger partial charge in [-0.15, -0.1) is 11.3 Å². The van der Waals surface area contributed by atoms with Crippen LogP contribution < -0.4 is 10.1 Å². The second-order valence-electron chi connectivity index (χ2n) is 7.17. The molecule has 1 aliphatic rings. The lowest BCUT2D eigenvalue weighted by Gasteiger charge is -2.17. The highest BCUT2D eigenvalue weighted by Gasteiger charge is 2.23. The molecular weight excluding hydrogens is 330 g/mol. The minimum absolute atomic E-state index is 0.0234. The summed E-state index contributed by atoms with van der Waals surface area (Å²) in [6.45, 7) is 5.07. The minimum atomic E-state index is 0.0234. The third-order valence-corrected chi connectivity index (χ3v) is 6.19. The van der Waals surface area contributed by atoms with Crippen molar-refractivity contribution in [3.8, 4) is 0 Å². The Morgan fingerprint density at radius 3 is 2.92 bits per heavy atom. The van der Waals surface area contributed by atoms with Gasteiger partial charge in [0.25, 0.3) is 5.56 Å². The Bertz CT molecular complexity index is 955. The van der Waals surface area contributed by atoms with E-state index < -0.39 is 0 Å². The first kappa shape index (κ1) is 16.5. The summed E-state index contributed by atoms with van der Waals surface area (Å²) in [5.41, 5.74) is 2.61. The third-order valence-electron chi connectivity index (χ3n) is 5.05. The van der Waals surface area contributed by atoms with Crippen molar-refractivity contribution in [2.45, 2.75) is 52.5 Å². The van der Waals surface area contributed by atoms with E-state index in [2.05, 4.69) is 47.9 Å². The number of nitrogens with zero attached hydrogens (tertiary/aromatic N) is 2. The Kier molecular flexibility index (Phi) is 4.42. The number of nitrogens with one attached hydrogen (secondary N) is 1. The number of aromatic nitrogens is 3. The standard InChI is InChI=1S/C20H23N3OS/c1-3-4-14-7-9-23(10-8-14)12-17-21-19(24)18-15-6-5-13(2)11-16(15)25-20(18)22-17/h7-10,13H,3-6,11-12H2,1-2H3/p+1/t13-/m1/s1. The summed E-state index contributed by atoms with van der Waals surface area (Å²) in [6.07, 6.45) is 9.64. The molecule has 1 aliphatic carbocycles. The van der Waals surface area contributed by atoms with Crippen LogP contribution in [0.1, 0.15) is 48.5 Å². The molecule has 4 rings (SSSR count). The van der Waals surface area contributed by atoms with Gasteiger partial charge in [0.05, 0.1) is 5.39 Å². The molecule has 0 radical (unpaired) electrons. The van der Waals surface area contributed by atoms with Gasteiger partial charge in [0, 0.05) is 17.0 Å². The van der Waals surface area contributed by atoms with Crippen molar-refractivity contribution < 1.29 is 4.57 Å². The van der Waals surface area contributed by atoms with Gasteiger partial charge in [-0.05, 0) is 42.7 Å². The molecule has 0 saturated heterocycles. The average Bonchev–Trinajstić information content (AvgIpc) is 2.94. The predicted octanol–water partition coefficient (Wildman–Crippen LogP) is 3.40. The zero-order valence-electron chi connectivity index (χ0n) is 14.8. The van der Waals surface area contributed by atoms with Crippen LogP contribution in [0.3, 0.4) is 0 Å². The molecule has 130 valence electrons. The molecule has 1 atom stereocenters. The number of rotatable bonds is 4. The summed E-state index contributed by atoms with van der Waals surface area (Å²) in [7, 11) is 0. The normalized spacial score (nSPS) is 17.0. The SMILES string of the molecule is CCCc1cc[n+](Cc2nc3sc4c(c3c(=O)[nH]2)CC[C@@H](C)C4)cc1. The van der Waals surface area contributed by atoms with Crippen LogP contribution in [-0.2, 0) is 25.8 Å². The van der Waals surface area contributed by atoms with Gasteiger partial charge in [-0.2, -0.15) is 4.57 Å². The van der Waals surface area contributed by atoms with Crippen molar-refractivity contribution in [2.24, 2.45) is 5.92 Å². The summed E-state index contributed by atoms with van der Waals surface area (Å²) in [6, 6.07) is 4.29. The van der Waals surface area contributed by atoms with Gasteiger partial charge >= 0.3 is 0 Å². The largest absolute Gasteiger partial charge is 0.305 e. The molecule has 4 nitrogen and oxygen atoms in total. The molecule has 0 aliphatic heterocycles. The van der Waals surface area contributed by atoms with Crippen molar-refractivity contribution in [3.05, 3.63) is 56.7 Å². The number of thiophene rings is 1. The first-order valence-corrected chi connectivity index (χ1v) is 9.97. The van der Waals surface area contributed by atoms with E-state index in [-0.39, 0.29) is 5.56 Å². The first-order chi connectivity index (χ1) is 12.1. The van der Waals surface area contributed by atoms with Gasteiger partial charge in [0.1, 0.15) is 4.83 Å². The Morgan fingerprint density at radius 2 is 2.16 bits per heavy atom. The number of fused-ring (bicyclic) bond motifs is 3. The fraction of sp³-hybridized carbons (Fsp3) is 0.450. The molecule has 0 spiro atoms. The zero-order chi connectivity index (χ0) is 17.4. The van der Waals surface area contributed by atoms with Crippen LogP contribution in [0, 0.1) is 5.92 Å². The van der Waals surface area contributed by atoms with Gasteiger partial charge in [0.2, 0.25) is 6.54 Å². The Hall–Kier alpha value is -2.01. The number of hydrogen-bond donors (Lipinski definition) is 1. The molecule has 25 heavy (non-hydrogen) atoms. The van der Waals surface area contributed by atoms with E-state index in [0.29, 0.717) is 12.5 Å². The zero-order valence-corrected chi connectivity index (χ0v) is 15.7. The summed E-state index contributed by atoms with van der Waals surface area (Å²) >= 11 is 1.71. The molecule has 0 saturated carbocycles. The summed E-state index contributed by atoms with van der Waals surface area (Å²) in [4.78, 5) is 22.7. The highest BCUT2D eigenvalue weighted by molar-refractivity contribution is 7.18. The summed E-state index contributed by atoms with van der Waals surface area (Å²) < 4.78 is 2.07. The Labute approximate surface area is 151 Å². The van der Waals surface area contributed by atoms with E-state index in [9.17, 15) is 4.79 Å². The number of aryl methyl sites for hydroxylation is 2. The molecule has 5 heteroatoms. The van der Waals surface area contributed by atoms with Gasteiger partial charge in [-0.3, -0.25) is 4.79 Å². The molecule has 1 N–H and O–H groups in total. The lowest BCUT2D eigenvalue weighted by Crippen LogP contribution is -2.35. The number of hydrogen-bond acceptors (Lipinski definition) is 3. The Balaban J connectivity index is 1.66. The van der Waals surface area contributed by atoms with Gasteiger partial charge in [-0.1, -0.05) is 20.3 Å². The number of H-pyrrole nitrogens is 1. The van der Waals surface area contributed by atoms with Crippen molar-refractivity contribution >= 4 is 21.6 Å². The maximum atomic E-state index is 12.6. The molecule has 3 heterocycles. The molecule has 0 bridgehead atoms. The second-order valence-corrected chi connectivity index (χ2v) is 8.26. The van der Waals surface area contributed by atoms with Crippen LogP contribution in [0.25, 0.3) is 10.2 Å². The fourth-order valence-electron chi connectivity index (χ4n) is 3.69. The van der Waals surface area contributed by atoms with Crippen molar-refractivity contribution in [3.63, 3.8) is 0 Å². The van der Waals surface area contributed by atoms with E-state index in [0.717, 1.165) is 41.7 Å². The van der Waals surface area contributed by atoms with Crippen LogP contribution in [0.15, 0.2) is 29.3 Å². The second kappa shape index (κ2) is 6.71. The van der Waals surface area contributed by atoms with Crippen molar-refractivity contribution in [1.82, 2.24) is 9.97 Å². The Morgan fingerprint density at radius 1 is 1.36 bits per heavy atom. The highest BCUT2D eigenvalue weighted by Crippen LogP contribution is 2.35. The summed E-state index contributed by atoms with van der Waals surface area (Å²) in [5.74, 6) is 1.44. The minimum Gasteiger partial charge on any atom is -0.305 e. The van der Waals surface area contributed by atoms with Gasteiger partial charge in [0.15, 0.2) is 18.2 Å². The van der Waals surface area contributed by atoms with Gasteiger partial charge in [-0.25, -0.2) is 4.98 Å². The fourth-order valence-corrected chi connectivity index (χ4v) is 5.09. The molecular formula is C20H24N3OS+. The molecule has 0 aromatic carbocycles. The van der Waals surface area contributed by atoms with E-state index in [1.165, 1.54) is 22.4 Å². The molecule has 0 fully saturated rings. The van der Waals surface area contributed by atoms with Crippen LogP contribution in [0.2, 0.25) is 0 Å². The van der Waals surface area contributed by atoms with Crippen molar-refractivity contribution in [1.29, 1.82) is 0 Å². The average molecular weight is 354 g/mol. The summed E-state index contributed by atoms with van der Waals surface area (Å²) in [5, 5.41) is 0.832. The maximum absolute atomic E-state index is 12.6. The van der Waals surface area contributed by atoms with Crippen LogP contribution in [0.4, 0.5) is 0 Å². The van der Waals surface area contributed by atoms with Crippen LogP contribution in [-0.4, -0.2) is 9.97 Å². The monoisotopic (exact) mass is 354 g/mol. The number of aromatic amines is 1. The predicted molar refractivity (Wildman–Crippen MR) is 101 cm³/mol. The van der Waals surface area contributed by atoms with Crippen LogP contribution in [0.5, 0.6) is 0 Å². The lowest BCUT2D eigenvalue weighted by molar-refractivity contribution is -0.689. The molecule has 0 unspecified atom stereocenters. The lowest BCUT2D eigenvalue weighted by atomic mass is 9.89. The van der Waals surface area contributed by atoms with E-state index >= 15 is 0 Å². The third kappa shape index (κ3) is 3.25. The topological polar surface area (TPSA) is 49.6 Å². The quantitative estimate of drug-likeness (QED) is 0.730.